The molecule has 0 unspecified atom stereocenters. The number of nitrogens with zero attached hydrogens (tertiary/aromatic N) is 3. The molecule has 1 aliphatic heterocycles. The summed E-state index contributed by atoms with van der Waals surface area (Å²) < 4.78 is 14.0. The normalized spacial score (nSPS) is 14.6. The van der Waals surface area contributed by atoms with E-state index in [-0.39, 0.29) is 11.7 Å². The third-order valence-electron chi connectivity index (χ3n) is 4.88. The number of amides is 1. The van der Waals surface area contributed by atoms with Crippen LogP contribution < -0.4 is 4.90 Å². The Morgan fingerprint density at radius 1 is 1.14 bits per heavy atom. The Hall–Kier alpha value is -1.83. The van der Waals surface area contributed by atoms with E-state index in [4.69, 9.17) is 11.6 Å². The van der Waals surface area contributed by atoms with E-state index in [1.807, 2.05) is 23.1 Å². The van der Waals surface area contributed by atoms with Gasteiger partial charge in [-0.25, -0.2) is 9.37 Å². The maximum Gasteiger partial charge on any atom is 0.222 e. The van der Waals surface area contributed by atoms with Gasteiger partial charge in [0, 0.05) is 37.5 Å². The van der Waals surface area contributed by atoms with E-state index in [9.17, 15) is 9.18 Å². The molecule has 152 valence electrons. The first-order valence-electron chi connectivity index (χ1n) is 9.56. The van der Waals surface area contributed by atoms with E-state index in [2.05, 4.69) is 9.88 Å². The van der Waals surface area contributed by atoms with Crippen LogP contribution in [0.25, 0.3) is 10.2 Å². The van der Waals surface area contributed by atoms with Gasteiger partial charge in [0.05, 0.1) is 9.72 Å². The van der Waals surface area contributed by atoms with E-state index in [0.29, 0.717) is 24.5 Å². The second-order valence-electron chi connectivity index (χ2n) is 6.86. The maximum absolute atomic E-state index is 12.9. The number of anilines is 1. The maximum atomic E-state index is 12.9. The number of hydrogen-bond acceptors (Lipinski definition) is 5. The minimum Gasteiger partial charge on any atom is -0.345 e. The Bertz CT molecular complexity index is 987. The fourth-order valence-electron chi connectivity index (χ4n) is 3.29. The zero-order chi connectivity index (χ0) is 20.2. The van der Waals surface area contributed by atoms with Gasteiger partial charge in [-0.3, -0.25) is 4.79 Å². The van der Waals surface area contributed by atoms with Gasteiger partial charge in [-0.2, -0.15) is 0 Å². The van der Waals surface area contributed by atoms with Crippen molar-refractivity contribution in [2.45, 2.75) is 17.7 Å². The molecule has 1 amide bonds. The van der Waals surface area contributed by atoms with Crippen molar-refractivity contribution in [2.24, 2.45) is 0 Å². The largest absolute Gasteiger partial charge is 0.345 e. The summed E-state index contributed by atoms with van der Waals surface area (Å²) in [5.74, 6) is 0.832. The third kappa shape index (κ3) is 5.02. The van der Waals surface area contributed by atoms with E-state index >= 15 is 0 Å². The lowest BCUT2D eigenvalue weighted by Crippen LogP contribution is -2.48. The number of hydrogen-bond donors (Lipinski definition) is 0. The molecule has 2 aromatic carbocycles. The highest BCUT2D eigenvalue weighted by Crippen LogP contribution is 2.33. The van der Waals surface area contributed by atoms with Crippen LogP contribution in [0.15, 0.2) is 47.4 Å². The predicted molar refractivity (Wildman–Crippen MR) is 120 cm³/mol. The van der Waals surface area contributed by atoms with Crippen LogP contribution in [0.1, 0.15) is 12.8 Å². The monoisotopic (exact) mass is 449 g/mol. The van der Waals surface area contributed by atoms with Crippen molar-refractivity contribution >= 4 is 56.0 Å². The molecule has 0 spiro atoms. The van der Waals surface area contributed by atoms with Gasteiger partial charge in [-0.05, 0) is 48.6 Å². The number of thioether (sulfide) groups is 1. The molecule has 8 heteroatoms. The second kappa shape index (κ2) is 9.32. The number of para-hydroxylation sites is 1. The molecule has 0 saturated carbocycles. The highest BCUT2D eigenvalue weighted by atomic mass is 35.5. The molecule has 0 N–H and O–H groups in total. The predicted octanol–water partition coefficient (Wildman–Crippen LogP) is 5.31. The first-order valence-corrected chi connectivity index (χ1v) is 11.7. The fourth-order valence-corrected chi connectivity index (χ4v) is 5.46. The summed E-state index contributed by atoms with van der Waals surface area (Å²) in [5, 5.41) is 1.65. The number of benzene rings is 2. The quantitative estimate of drug-likeness (QED) is 0.377. The Morgan fingerprint density at radius 3 is 2.62 bits per heavy atom. The Kier molecular flexibility index (Phi) is 6.57. The number of rotatable bonds is 6. The average molecular weight is 450 g/mol. The Morgan fingerprint density at radius 2 is 1.90 bits per heavy atom. The van der Waals surface area contributed by atoms with Crippen LogP contribution in [0.2, 0.25) is 5.02 Å². The number of fused-ring (bicyclic) bond motifs is 1. The molecule has 0 radical (unpaired) electrons. The van der Waals surface area contributed by atoms with Crippen LogP contribution >= 0.6 is 34.7 Å². The van der Waals surface area contributed by atoms with Crippen molar-refractivity contribution in [3.05, 3.63) is 53.3 Å². The SMILES string of the molecule is O=C(CCCSc1ccc(F)cc1)N1CCN(c2nc3c(Cl)cccc3s2)CC1. The van der Waals surface area contributed by atoms with Gasteiger partial charge in [0.1, 0.15) is 11.3 Å². The summed E-state index contributed by atoms with van der Waals surface area (Å²) in [6, 6.07) is 12.3. The van der Waals surface area contributed by atoms with Crippen LogP contribution in [-0.4, -0.2) is 47.7 Å². The van der Waals surface area contributed by atoms with Crippen LogP contribution in [-0.2, 0) is 4.79 Å². The van der Waals surface area contributed by atoms with Gasteiger partial charge in [-0.15, -0.1) is 11.8 Å². The van der Waals surface area contributed by atoms with Gasteiger partial charge >= 0.3 is 0 Å². The first-order chi connectivity index (χ1) is 14.1. The summed E-state index contributed by atoms with van der Waals surface area (Å²) in [4.78, 5) is 22.4. The molecule has 2 heterocycles. The standard InChI is InChI=1S/C21H21ClFN3OS2/c22-17-3-1-4-18-20(17)24-21(29-18)26-12-10-25(11-13-26)19(27)5-2-14-28-16-8-6-15(23)7-9-16/h1,3-4,6-9H,2,5,10-14H2. The van der Waals surface area contributed by atoms with E-state index in [1.54, 1.807) is 35.2 Å². The molecule has 1 aromatic heterocycles. The summed E-state index contributed by atoms with van der Waals surface area (Å²) in [6.45, 7) is 3.00. The average Bonchev–Trinajstić information content (AvgIpc) is 3.18. The molecule has 29 heavy (non-hydrogen) atoms. The molecule has 4 nitrogen and oxygen atoms in total. The van der Waals surface area contributed by atoms with Gasteiger partial charge in [0.25, 0.3) is 0 Å². The molecule has 1 fully saturated rings. The van der Waals surface area contributed by atoms with E-state index in [0.717, 1.165) is 45.5 Å². The lowest BCUT2D eigenvalue weighted by atomic mass is 10.2. The Labute approximate surface area is 182 Å². The number of aromatic nitrogens is 1. The van der Waals surface area contributed by atoms with Gasteiger partial charge in [0.15, 0.2) is 5.13 Å². The van der Waals surface area contributed by atoms with E-state index in [1.165, 1.54) is 12.1 Å². The lowest BCUT2D eigenvalue weighted by Gasteiger charge is -2.34. The number of piperazine rings is 1. The van der Waals surface area contributed by atoms with Crippen molar-refractivity contribution in [1.82, 2.24) is 9.88 Å². The van der Waals surface area contributed by atoms with Crippen LogP contribution in [0.5, 0.6) is 0 Å². The molecular weight excluding hydrogens is 429 g/mol. The summed E-state index contributed by atoms with van der Waals surface area (Å²) in [7, 11) is 0. The van der Waals surface area contributed by atoms with Crippen molar-refractivity contribution in [1.29, 1.82) is 0 Å². The van der Waals surface area contributed by atoms with E-state index < -0.39 is 0 Å². The zero-order valence-corrected chi connectivity index (χ0v) is 18.2. The minimum atomic E-state index is -0.224. The smallest absolute Gasteiger partial charge is 0.222 e. The highest BCUT2D eigenvalue weighted by molar-refractivity contribution is 7.99. The lowest BCUT2D eigenvalue weighted by molar-refractivity contribution is -0.131. The number of carbonyl (C=O) groups excluding carboxylic acids is 1. The molecule has 0 aliphatic carbocycles. The number of halogens is 2. The Balaban J connectivity index is 1.23. The molecule has 1 saturated heterocycles. The van der Waals surface area contributed by atoms with Gasteiger partial charge in [0.2, 0.25) is 5.91 Å². The summed E-state index contributed by atoms with van der Waals surface area (Å²) in [5.41, 5.74) is 0.853. The van der Waals surface area contributed by atoms with Gasteiger partial charge in [-0.1, -0.05) is 29.0 Å². The molecule has 3 aromatic rings. The van der Waals surface area contributed by atoms with Crippen molar-refractivity contribution < 1.29 is 9.18 Å². The number of thiazole rings is 1. The van der Waals surface area contributed by atoms with Gasteiger partial charge < -0.3 is 9.80 Å². The highest BCUT2D eigenvalue weighted by Gasteiger charge is 2.23. The molecule has 4 rings (SSSR count). The van der Waals surface area contributed by atoms with Crippen LogP contribution in [0.3, 0.4) is 0 Å². The zero-order valence-electron chi connectivity index (χ0n) is 15.8. The fraction of sp³-hybridized carbons (Fsp3) is 0.333. The molecular formula is C21H21ClFN3OS2. The summed E-state index contributed by atoms with van der Waals surface area (Å²) >= 11 is 9.53. The third-order valence-corrected chi connectivity index (χ3v) is 7.36. The number of carbonyl (C=O) groups is 1. The van der Waals surface area contributed by atoms with Crippen LogP contribution in [0, 0.1) is 5.82 Å². The first kappa shape index (κ1) is 20.4. The van der Waals surface area contributed by atoms with Crippen molar-refractivity contribution in [3.8, 4) is 0 Å². The minimum absolute atomic E-state index is 0.205. The second-order valence-corrected chi connectivity index (χ2v) is 9.44. The molecule has 0 atom stereocenters. The molecule has 0 bridgehead atoms. The van der Waals surface area contributed by atoms with Crippen LogP contribution in [0.4, 0.5) is 9.52 Å². The van der Waals surface area contributed by atoms with Crippen molar-refractivity contribution in [3.63, 3.8) is 0 Å². The van der Waals surface area contributed by atoms with Crippen molar-refractivity contribution in [2.75, 3.05) is 36.8 Å². The topological polar surface area (TPSA) is 36.4 Å². The molecule has 1 aliphatic rings. The summed E-state index contributed by atoms with van der Waals surface area (Å²) in [6.07, 6.45) is 1.36.